The Morgan fingerprint density at radius 1 is 1.03 bits per heavy atom. The molecule has 8 heteroatoms. The topological polar surface area (TPSA) is 83.7 Å². The van der Waals surface area contributed by atoms with Crippen LogP contribution in [0.2, 0.25) is 0 Å². The molecule has 0 aliphatic heterocycles. The number of hydrogen-bond donors (Lipinski definition) is 3. The minimum Gasteiger partial charge on any atom is -0.491 e. The van der Waals surface area contributed by atoms with Crippen molar-refractivity contribution in [3.63, 3.8) is 0 Å². The largest absolute Gasteiger partial charge is 0.491 e. The zero-order valence-electron chi connectivity index (χ0n) is 18.3. The van der Waals surface area contributed by atoms with Crippen LogP contribution >= 0.6 is 24.0 Å². The van der Waals surface area contributed by atoms with Gasteiger partial charge in [0.15, 0.2) is 5.76 Å². The number of furan rings is 1. The molecule has 1 heterocycles. The van der Waals surface area contributed by atoms with E-state index >= 15 is 0 Å². The average molecular weight is 493 g/mol. The Hall–Kier alpha value is -3.33. The van der Waals surface area contributed by atoms with Crippen LogP contribution in [0.3, 0.4) is 0 Å². The molecule has 0 unspecified atom stereocenters. The van der Waals surface area contributed by atoms with Gasteiger partial charge in [-0.1, -0.05) is 60.7 Å². The molecule has 0 radical (unpaired) electrons. The summed E-state index contributed by atoms with van der Waals surface area (Å²) in [4.78, 5) is 13.1. The summed E-state index contributed by atoms with van der Waals surface area (Å²) < 4.78 is 11.7. The van der Waals surface area contributed by atoms with Gasteiger partial charge in [-0.15, -0.1) is 0 Å². The van der Waals surface area contributed by atoms with Crippen molar-refractivity contribution in [1.29, 1.82) is 0 Å². The molecule has 1 atom stereocenters. The Bertz CT molecular complexity index is 1210. The number of carbonyl (C=O) groups is 1. The van der Waals surface area contributed by atoms with Gasteiger partial charge in [0, 0.05) is 22.5 Å². The Kier molecular flexibility index (Phi) is 8.19. The van der Waals surface area contributed by atoms with Gasteiger partial charge in [-0.2, -0.15) is 11.8 Å². The van der Waals surface area contributed by atoms with Gasteiger partial charge in [0.05, 0.1) is 6.04 Å². The predicted octanol–water partition coefficient (Wildman–Crippen LogP) is 5.20. The second-order valence-electron chi connectivity index (χ2n) is 7.60. The summed E-state index contributed by atoms with van der Waals surface area (Å²) in [5.41, 5.74) is 4.54. The summed E-state index contributed by atoms with van der Waals surface area (Å²) in [6.45, 7) is 0.288. The van der Waals surface area contributed by atoms with Gasteiger partial charge in [0.2, 0.25) is 0 Å². The van der Waals surface area contributed by atoms with Crippen LogP contribution in [0, 0.1) is 0 Å². The van der Waals surface area contributed by atoms with E-state index in [1.54, 1.807) is 42.1 Å². The third-order valence-corrected chi connectivity index (χ3v) is 6.59. The van der Waals surface area contributed by atoms with Crippen LogP contribution in [0.1, 0.15) is 21.7 Å². The molecule has 1 aromatic heterocycles. The van der Waals surface area contributed by atoms with E-state index in [9.17, 15) is 4.79 Å². The molecule has 34 heavy (non-hydrogen) atoms. The number of hydroxylamine groups is 1. The lowest BCUT2D eigenvalue weighted by molar-refractivity contribution is 0.0902. The molecule has 0 bridgehead atoms. The van der Waals surface area contributed by atoms with E-state index in [4.69, 9.17) is 26.6 Å². The van der Waals surface area contributed by atoms with E-state index in [1.165, 1.54) is 5.56 Å². The first kappa shape index (κ1) is 23.8. The van der Waals surface area contributed by atoms with Crippen molar-refractivity contribution in [3.05, 3.63) is 102 Å². The highest BCUT2D eigenvalue weighted by atomic mass is 32.2. The molecule has 174 valence electrons. The monoisotopic (exact) mass is 492 g/mol. The molecule has 0 spiro atoms. The summed E-state index contributed by atoms with van der Waals surface area (Å²) in [7, 11) is 0. The van der Waals surface area contributed by atoms with Gasteiger partial charge in [-0.25, -0.2) is 0 Å². The highest BCUT2D eigenvalue weighted by molar-refractivity contribution is 7.98. The van der Waals surface area contributed by atoms with Crippen molar-refractivity contribution in [2.24, 2.45) is 0 Å². The maximum atomic E-state index is 12.9. The Balaban J connectivity index is 1.40. The second kappa shape index (κ2) is 11.7. The van der Waals surface area contributed by atoms with Gasteiger partial charge < -0.3 is 14.5 Å². The van der Waals surface area contributed by atoms with Crippen molar-refractivity contribution in [2.75, 3.05) is 12.4 Å². The van der Waals surface area contributed by atoms with Crippen molar-refractivity contribution < 1.29 is 19.2 Å². The smallest absolute Gasteiger partial charge is 0.287 e. The average Bonchev–Trinajstić information content (AvgIpc) is 3.32. The van der Waals surface area contributed by atoms with Crippen LogP contribution < -0.4 is 15.5 Å². The maximum Gasteiger partial charge on any atom is 0.287 e. The zero-order chi connectivity index (χ0) is 23.8. The molecule has 0 aliphatic carbocycles. The fourth-order valence-electron chi connectivity index (χ4n) is 3.34. The number of carbonyl (C=O) groups excluding carboxylic acids is 1. The summed E-state index contributed by atoms with van der Waals surface area (Å²) in [6.07, 6.45) is 0. The normalized spacial score (nSPS) is 11.7. The lowest BCUT2D eigenvalue weighted by Gasteiger charge is -2.19. The quantitative estimate of drug-likeness (QED) is 0.207. The van der Waals surface area contributed by atoms with E-state index in [0.29, 0.717) is 22.6 Å². The third-order valence-electron chi connectivity index (χ3n) is 5.08. The van der Waals surface area contributed by atoms with Gasteiger partial charge >= 0.3 is 0 Å². The van der Waals surface area contributed by atoms with E-state index in [0.717, 1.165) is 11.1 Å². The predicted molar refractivity (Wildman–Crippen MR) is 139 cm³/mol. The molecular formula is C26H24N2O4S2. The van der Waals surface area contributed by atoms with Crippen molar-refractivity contribution >= 4 is 45.8 Å². The molecule has 3 N–H and O–H groups in total. The molecular weight excluding hydrogens is 468 g/mol. The molecule has 6 nitrogen and oxygen atoms in total. The Morgan fingerprint density at radius 2 is 1.76 bits per heavy atom. The van der Waals surface area contributed by atoms with E-state index in [1.807, 2.05) is 47.9 Å². The minimum absolute atomic E-state index is 0.236. The maximum absolute atomic E-state index is 12.9. The Labute approximate surface area is 207 Å². The molecule has 1 amide bonds. The van der Waals surface area contributed by atoms with Crippen molar-refractivity contribution in [2.45, 2.75) is 11.8 Å². The van der Waals surface area contributed by atoms with E-state index < -0.39 is 0 Å². The molecule has 3 aromatic carbocycles. The lowest BCUT2D eigenvalue weighted by Crippen LogP contribution is -2.40. The first-order chi connectivity index (χ1) is 16.6. The molecule has 0 aliphatic rings. The number of para-hydroxylation sites is 1. The van der Waals surface area contributed by atoms with Crippen molar-refractivity contribution in [1.82, 2.24) is 10.8 Å². The van der Waals surface area contributed by atoms with Crippen LogP contribution in [-0.2, 0) is 5.75 Å². The van der Waals surface area contributed by atoms with Gasteiger partial charge in [0.25, 0.3) is 5.91 Å². The number of thioether (sulfide) groups is 1. The summed E-state index contributed by atoms with van der Waals surface area (Å²) >= 11 is 6.74. The summed E-state index contributed by atoms with van der Waals surface area (Å²) in [5.74, 6) is 2.13. The van der Waals surface area contributed by atoms with Gasteiger partial charge in [-0.3, -0.25) is 15.5 Å². The fraction of sp³-hybridized carbons (Fsp3) is 0.154. The lowest BCUT2D eigenvalue weighted by atomic mass is 10.2. The van der Waals surface area contributed by atoms with Crippen molar-refractivity contribution in [3.8, 4) is 5.75 Å². The molecule has 4 rings (SSSR count). The van der Waals surface area contributed by atoms with E-state index in [-0.39, 0.29) is 29.3 Å². The number of ether oxygens (including phenoxy) is 1. The van der Waals surface area contributed by atoms with Gasteiger partial charge in [-0.05, 0) is 42.0 Å². The molecule has 0 fully saturated rings. The minimum atomic E-state index is -0.278. The first-order valence-electron chi connectivity index (χ1n) is 10.7. The molecule has 0 saturated heterocycles. The van der Waals surface area contributed by atoms with Gasteiger partial charge in [0.1, 0.15) is 22.9 Å². The fourth-order valence-corrected chi connectivity index (χ4v) is 4.49. The van der Waals surface area contributed by atoms with E-state index in [2.05, 4.69) is 17.4 Å². The second-order valence-corrected chi connectivity index (χ2v) is 9.03. The number of nitrogens with one attached hydrogen (secondary N) is 2. The third kappa shape index (κ3) is 6.38. The number of hydrogen-bond acceptors (Lipinski definition) is 6. The number of rotatable bonds is 10. The summed E-state index contributed by atoms with van der Waals surface area (Å²) in [5, 5.41) is 12.9. The molecule has 0 saturated carbocycles. The number of amides is 1. The van der Waals surface area contributed by atoms with Crippen LogP contribution in [0.5, 0.6) is 5.75 Å². The number of thiocarbonyl (C=S) groups is 1. The summed E-state index contributed by atoms with van der Waals surface area (Å²) in [6, 6.07) is 26.3. The SMILES string of the molecule is O=C(N[C@H](COc1ccc(C(=S)NO)cc1)CSCc1ccccc1)c1cc2ccccc2o1. The van der Waals surface area contributed by atoms with Crippen LogP contribution in [0.15, 0.2) is 89.3 Å². The number of benzene rings is 3. The number of fused-ring (bicyclic) bond motifs is 1. The zero-order valence-corrected chi connectivity index (χ0v) is 19.9. The molecule has 4 aromatic rings. The first-order valence-corrected chi connectivity index (χ1v) is 12.3. The highest BCUT2D eigenvalue weighted by Gasteiger charge is 2.18. The standard InChI is InChI=1S/C26H24N2O4S2/c29-25(24-14-20-8-4-5-9-23(20)32-24)27-21(17-34-16-18-6-2-1-3-7-18)15-31-22-12-10-19(11-13-22)26(33)28-30/h1-14,21,30H,15-17H2,(H,27,29)(H,28,33)/t21-/m1/s1. The highest BCUT2D eigenvalue weighted by Crippen LogP contribution is 2.20. The van der Waals surface area contributed by atoms with Crippen LogP contribution in [-0.4, -0.2) is 34.5 Å². The Morgan fingerprint density at radius 3 is 2.50 bits per heavy atom. The van der Waals surface area contributed by atoms with Crippen LogP contribution in [0.4, 0.5) is 0 Å². The van der Waals surface area contributed by atoms with Crippen LogP contribution in [0.25, 0.3) is 11.0 Å².